The normalized spacial score (nSPS) is 20.5. The number of nitrogens with one attached hydrogen (secondary N) is 2. The first-order valence-electron chi connectivity index (χ1n) is 9.18. The van der Waals surface area contributed by atoms with Crippen LogP contribution in [0.15, 0.2) is 41.9 Å². The van der Waals surface area contributed by atoms with Crippen molar-refractivity contribution in [3.63, 3.8) is 0 Å². The van der Waals surface area contributed by atoms with Crippen LogP contribution in [0.25, 0.3) is 0 Å². The second kappa shape index (κ2) is 8.14. The SMILES string of the molecule is C=CCC(O)C1(C)COc2c(cn(C)c2C(=O)Nc2ccc(F)c(C#N)c2)S(=O)(=O)N1. The van der Waals surface area contributed by atoms with Crippen LogP contribution < -0.4 is 14.8 Å². The van der Waals surface area contributed by atoms with E-state index < -0.39 is 33.4 Å². The molecule has 1 aliphatic rings. The van der Waals surface area contributed by atoms with E-state index in [0.29, 0.717) is 0 Å². The van der Waals surface area contributed by atoms with Crippen LogP contribution in [0.5, 0.6) is 5.75 Å². The van der Waals surface area contributed by atoms with Crippen LogP contribution in [-0.4, -0.2) is 42.2 Å². The number of nitriles is 1. The maximum absolute atomic E-state index is 13.5. The Kier molecular flexibility index (Phi) is 5.91. The standard InChI is InChI=1S/C20H21FN4O5S/c1-4-5-16(26)20(2)11-30-18-15(31(28,29)24-20)10-25(3)17(18)19(27)23-13-6-7-14(21)12(8-13)9-22/h4,6-8,10,16,24,26H,1,5,11H2,2-3H3,(H,23,27). The third-order valence-corrected chi connectivity index (χ3v) is 6.57. The number of rotatable bonds is 5. The highest BCUT2D eigenvalue weighted by atomic mass is 32.2. The largest absolute Gasteiger partial charge is 0.488 e. The summed E-state index contributed by atoms with van der Waals surface area (Å²) in [5.41, 5.74) is -1.55. The van der Waals surface area contributed by atoms with E-state index in [4.69, 9.17) is 10.00 Å². The minimum absolute atomic E-state index is 0.0920. The van der Waals surface area contributed by atoms with Gasteiger partial charge in [-0.05, 0) is 31.5 Å². The number of aryl methyl sites for hydroxylation is 1. The van der Waals surface area contributed by atoms with Crippen molar-refractivity contribution in [1.82, 2.24) is 9.29 Å². The summed E-state index contributed by atoms with van der Waals surface area (Å²) in [5, 5.41) is 21.9. The molecule has 31 heavy (non-hydrogen) atoms. The average Bonchev–Trinajstić information content (AvgIpc) is 3.00. The van der Waals surface area contributed by atoms with Gasteiger partial charge in [0, 0.05) is 18.9 Å². The van der Waals surface area contributed by atoms with Gasteiger partial charge in [0.2, 0.25) is 10.0 Å². The quantitative estimate of drug-likeness (QED) is 0.596. The van der Waals surface area contributed by atoms with E-state index in [9.17, 15) is 22.7 Å². The Balaban J connectivity index is 1.98. The number of fused-ring (bicyclic) bond motifs is 1. The molecule has 1 aliphatic heterocycles. The molecule has 3 N–H and O–H groups in total. The Bertz CT molecular complexity index is 1200. The molecule has 2 unspecified atom stereocenters. The second-order valence-electron chi connectivity index (χ2n) is 7.39. The summed E-state index contributed by atoms with van der Waals surface area (Å²) in [6.07, 6.45) is 1.70. The van der Waals surface area contributed by atoms with Gasteiger partial charge in [0.25, 0.3) is 5.91 Å². The molecule has 3 rings (SSSR count). The third-order valence-electron chi connectivity index (χ3n) is 4.96. The minimum Gasteiger partial charge on any atom is -0.488 e. The van der Waals surface area contributed by atoms with Crippen molar-refractivity contribution in [2.45, 2.75) is 29.9 Å². The van der Waals surface area contributed by atoms with Crippen LogP contribution in [0, 0.1) is 17.1 Å². The molecule has 2 aromatic rings. The summed E-state index contributed by atoms with van der Waals surface area (Å²) in [5.74, 6) is -1.62. The van der Waals surface area contributed by atoms with Gasteiger partial charge >= 0.3 is 0 Å². The molecule has 1 aromatic carbocycles. The molecule has 164 valence electrons. The van der Waals surface area contributed by atoms with E-state index in [0.717, 1.165) is 12.1 Å². The van der Waals surface area contributed by atoms with E-state index in [-0.39, 0.29) is 40.6 Å². The third kappa shape index (κ3) is 4.18. The molecule has 0 saturated heterocycles. The number of anilines is 1. The second-order valence-corrected chi connectivity index (χ2v) is 9.05. The molecule has 1 aromatic heterocycles. The van der Waals surface area contributed by atoms with Gasteiger partial charge in [-0.2, -0.15) is 9.98 Å². The molecule has 0 radical (unpaired) electrons. The highest BCUT2D eigenvalue weighted by molar-refractivity contribution is 7.89. The first-order valence-corrected chi connectivity index (χ1v) is 10.7. The Morgan fingerprint density at radius 2 is 2.29 bits per heavy atom. The molecule has 11 heteroatoms. The van der Waals surface area contributed by atoms with Crippen LogP contribution in [0.4, 0.5) is 10.1 Å². The number of carbonyl (C=O) groups excluding carboxylic acids is 1. The monoisotopic (exact) mass is 448 g/mol. The van der Waals surface area contributed by atoms with Crippen LogP contribution in [0.3, 0.4) is 0 Å². The van der Waals surface area contributed by atoms with Crippen LogP contribution in [-0.2, 0) is 17.1 Å². The van der Waals surface area contributed by atoms with Crippen LogP contribution >= 0.6 is 0 Å². The van der Waals surface area contributed by atoms with Crippen molar-refractivity contribution in [2.24, 2.45) is 7.05 Å². The van der Waals surface area contributed by atoms with Crippen molar-refractivity contribution in [3.8, 4) is 11.8 Å². The molecule has 0 fully saturated rings. The Labute approximate surface area is 178 Å². The van der Waals surface area contributed by atoms with Crippen molar-refractivity contribution < 1.29 is 27.4 Å². The first kappa shape index (κ1) is 22.5. The first-order chi connectivity index (χ1) is 14.5. The number of benzene rings is 1. The summed E-state index contributed by atoms with van der Waals surface area (Å²) >= 11 is 0. The number of aliphatic hydroxyl groups excluding tert-OH is 1. The number of amides is 1. The van der Waals surface area contributed by atoms with Gasteiger partial charge in [0.15, 0.2) is 11.4 Å². The number of nitrogens with zero attached hydrogens (tertiary/aromatic N) is 2. The summed E-state index contributed by atoms with van der Waals surface area (Å²) in [6, 6.07) is 5.16. The molecular formula is C20H21FN4O5S. The topological polar surface area (TPSA) is 133 Å². The Morgan fingerprint density at radius 1 is 1.58 bits per heavy atom. The number of aliphatic hydroxyl groups is 1. The molecule has 0 spiro atoms. The fraction of sp³-hybridized carbons (Fsp3) is 0.300. The highest BCUT2D eigenvalue weighted by Crippen LogP contribution is 2.35. The van der Waals surface area contributed by atoms with Gasteiger partial charge < -0.3 is 19.7 Å². The molecule has 0 aliphatic carbocycles. The van der Waals surface area contributed by atoms with E-state index in [2.05, 4.69) is 16.6 Å². The van der Waals surface area contributed by atoms with E-state index in [1.807, 2.05) is 0 Å². The van der Waals surface area contributed by atoms with Gasteiger partial charge in [0.05, 0.1) is 17.2 Å². The average molecular weight is 448 g/mol. The fourth-order valence-electron chi connectivity index (χ4n) is 3.24. The highest BCUT2D eigenvalue weighted by Gasteiger charge is 2.43. The van der Waals surface area contributed by atoms with Crippen molar-refractivity contribution in [2.75, 3.05) is 11.9 Å². The van der Waals surface area contributed by atoms with Gasteiger partial charge in [-0.3, -0.25) is 4.79 Å². The lowest BCUT2D eigenvalue weighted by atomic mass is 9.94. The number of ether oxygens (including phenoxy) is 1. The summed E-state index contributed by atoms with van der Waals surface area (Å²) in [4.78, 5) is 12.6. The maximum Gasteiger partial charge on any atom is 0.276 e. The van der Waals surface area contributed by atoms with Gasteiger partial charge in [-0.25, -0.2) is 12.8 Å². The lowest BCUT2D eigenvalue weighted by molar-refractivity contribution is 0.0542. The summed E-state index contributed by atoms with van der Waals surface area (Å²) < 4.78 is 48.9. The van der Waals surface area contributed by atoms with E-state index >= 15 is 0 Å². The van der Waals surface area contributed by atoms with Gasteiger partial charge in [0.1, 0.15) is 23.4 Å². The minimum atomic E-state index is -4.14. The smallest absolute Gasteiger partial charge is 0.276 e. The molecule has 9 nitrogen and oxygen atoms in total. The number of halogens is 1. The fourth-order valence-corrected chi connectivity index (χ4v) is 4.86. The Hall–Kier alpha value is -3.20. The zero-order valence-electron chi connectivity index (χ0n) is 16.8. The zero-order chi connectivity index (χ0) is 23.0. The number of hydrogen-bond acceptors (Lipinski definition) is 6. The van der Waals surface area contributed by atoms with Crippen molar-refractivity contribution in [3.05, 3.63) is 54.1 Å². The summed E-state index contributed by atoms with van der Waals surface area (Å²) in [7, 11) is -2.66. The number of carbonyl (C=O) groups is 1. The molecule has 2 atom stereocenters. The lowest BCUT2D eigenvalue weighted by Crippen LogP contribution is -2.56. The van der Waals surface area contributed by atoms with Gasteiger partial charge in [-0.1, -0.05) is 6.08 Å². The molecule has 0 saturated carbocycles. The maximum atomic E-state index is 13.5. The van der Waals surface area contributed by atoms with Crippen LogP contribution in [0.1, 0.15) is 29.4 Å². The zero-order valence-corrected chi connectivity index (χ0v) is 17.7. The summed E-state index contributed by atoms with van der Waals surface area (Å²) in [6.45, 7) is 4.79. The molecule has 1 amide bonds. The number of sulfonamides is 1. The predicted molar refractivity (Wildman–Crippen MR) is 110 cm³/mol. The Morgan fingerprint density at radius 3 is 2.94 bits per heavy atom. The van der Waals surface area contributed by atoms with E-state index in [1.165, 1.54) is 36.9 Å². The lowest BCUT2D eigenvalue weighted by Gasteiger charge is -2.32. The van der Waals surface area contributed by atoms with E-state index in [1.54, 1.807) is 6.07 Å². The van der Waals surface area contributed by atoms with Crippen molar-refractivity contribution in [1.29, 1.82) is 5.26 Å². The number of hydrogen-bond donors (Lipinski definition) is 3. The number of aromatic nitrogens is 1. The molecule has 0 bridgehead atoms. The van der Waals surface area contributed by atoms with Crippen LogP contribution in [0.2, 0.25) is 0 Å². The molecule has 2 heterocycles. The predicted octanol–water partition coefficient (Wildman–Crippen LogP) is 1.65. The van der Waals surface area contributed by atoms with Gasteiger partial charge in [-0.15, -0.1) is 6.58 Å². The van der Waals surface area contributed by atoms with Crippen molar-refractivity contribution >= 4 is 21.6 Å². The molecular weight excluding hydrogens is 427 g/mol.